The second kappa shape index (κ2) is 16.5. The second-order valence-corrected chi connectivity index (χ2v) is 9.26. The molecular formula is C20H38NNaO6S. The van der Waals surface area contributed by atoms with Crippen molar-refractivity contribution >= 4 is 22.0 Å². The Labute approximate surface area is 199 Å². The Hall–Kier alpha value is -0.150. The van der Waals surface area contributed by atoms with Gasteiger partial charge in [0, 0.05) is 13.1 Å². The van der Waals surface area contributed by atoms with Crippen molar-refractivity contribution in [3.63, 3.8) is 0 Å². The summed E-state index contributed by atoms with van der Waals surface area (Å²) in [4.78, 5) is 25.5. The van der Waals surface area contributed by atoms with Crippen molar-refractivity contribution < 1.29 is 57.2 Å². The normalized spacial score (nSPS) is 14.5. The van der Waals surface area contributed by atoms with Crippen molar-refractivity contribution in [1.29, 1.82) is 0 Å². The van der Waals surface area contributed by atoms with E-state index in [4.69, 9.17) is 4.55 Å². The third-order valence-electron chi connectivity index (χ3n) is 5.38. The van der Waals surface area contributed by atoms with E-state index in [1.165, 1.54) is 0 Å². The zero-order valence-corrected chi connectivity index (χ0v) is 21.7. The van der Waals surface area contributed by atoms with E-state index >= 15 is 0 Å². The third-order valence-corrected chi connectivity index (χ3v) is 6.46. The van der Waals surface area contributed by atoms with E-state index in [2.05, 4.69) is 27.7 Å². The molecule has 9 heteroatoms. The van der Waals surface area contributed by atoms with Gasteiger partial charge in [-0.3, -0.25) is 9.35 Å². The standard InChI is InChI=1S/C20H39NO6S.Na/c1-5-9-11-16(7-3)14-21(15-17(8-4)12-10-6-2)19(22)13-18(20(23)24)28(25,26)27;/h16-18H,5-15H2,1-4H3,(H,23,24)(H,25,26,27);/q;+1/p-1. The van der Waals surface area contributed by atoms with Crippen LogP contribution < -0.4 is 34.7 Å². The van der Waals surface area contributed by atoms with Crippen LogP contribution in [0.3, 0.4) is 0 Å². The van der Waals surface area contributed by atoms with E-state index in [9.17, 15) is 23.1 Å². The molecule has 0 bridgehead atoms. The first-order chi connectivity index (χ1) is 13.1. The number of carbonyl (C=O) groups excluding carboxylic acids is 2. The third kappa shape index (κ3) is 13.0. The fourth-order valence-corrected chi connectivity index (χ4v) is 3.93. The molecule has 0 aliphatic carbocycles. The van der Waals surface area contributed by atoms with Gasteiger partial charge in [-0.05, 0) is 24.7 Å². The molecule has 1 N–H and O–H groups in total. The summed E-state index contributed by atoms with van der Waals surface area (Å²) in [6, 6.07) is 0. The van der Waals surface area contributed by atoms with Crippen LogP contribution in [-0.4, -0.2) is 48.1 Å². The first-order valence-corrected chi connectivity index (χ1v) is 12.1. The van der Waals surface area contributed by atoms with E-state index in [0.717, 1.165) is 51.4 Å². The molecule has 0 rings (SSSR count). The predicted octanol–water partition coefficient (Wildman–Crippen LogP) is -0.352. The molecule has 0 fully saturated rings. The Morgan fingerprint density at radius 1 is 0.931 bits per heavy atom. The average Bonchev–Trinajstić information content (AvgIpc) is 2.63. The summed E-state index contributed by atoms with van der Waals surface area (Å²) >= 11 is 0. The van der Waals surface area contributed by atoms with Gasteiger partial charge in [0.05, 0.1) is 12.4 Å². The number of hydrogen-bond donors (Lipinski definition) is 1. The Morgan fingerprint density at radius 2 is 1.34 bits per heavy atom. The molecule has 0 aromatic rings. The summed E-state index contributed by atoms with van der Waals surface area (Å²) in [5.41, 5.74) is 0. The predicted molar refractivity (Wildman–Crippen MR) is 108 cm³/mol. The Morgan fingerprint density at radius 3 is 1.62 bits per heavy atom. The van der Waals surface area contributed by atoms with Crippen LogP contribution in [0.25, 0.3) is 0 Å². The largest absolute Gasteiger partial charge is 1.00 e. The van der Waals surface area contributed by atoms with Gasteiger partial charge in [-0.2, -0.15) is 8.42 Å². The average molecular weight is 444 g/mol. The van der Waals surface area contributed by atoms with E-state index in [1.807, 2.05) is 0 Å². The van der Waals surface area contributed by atoms with Crippen LogP contribution in [0.1, 0.15) is 85.5 Å². The minimum atomic E-state index is -4.90. The molecule has 0 aliphatic rings. The van der Waals surface area contributed by atoms with Crippen LogP contribution >= 0.6 is 0 Å². The Balaban J connectivity index is 0. The first-order valence-electron chi connectivity index (χ1n) is 10.5. The summed E-state index contributed by atoms with van der Waals surface area (Å²) in [6.07, 6.45) is 7.09. The zero-order valence-electron chi connectivity index (χ0n) is 18.9. The number of amides is 1. The smallest absolute Gasteiger partial charge is 0.549 e. The quantitative estimate of drug-likeness (QED) is 0.258. The van der Waals surface area contributed by atoms with Crippen molar-refractivity contribution in [2.45, 2.75) is 90.7 Å². The van der Waals surface area contributed by atoms with Crippen molar-refractivity contribution in [2.75, 3.05) is 13.1 Å². The summed E-state index contributed by atoms with van der Waals surface area (Å²) < 4.78 is 31.8. The van der Waals surface area contributed by atoms with E-state index in [-0.39, 0.29) is 41.4 Å². The van der Waals surface area contributed by atoms with Gasteiger partial charge in [0.15, 0.2) is 0 Å². The van der Waals surface area contributed by atoms with E-state index in [1.54, 1.807) is 4.90 Å². The number of aliphatic carboxylic acids is 1. The molecule has 3 unspecified atom stereocenters. The van der Waals surface area contributed by atoms with Crippen molar-refractivity contribution in [3.05, 3.63) is 0 Å². The molecule has 0 spiro atoms. The number of carboxylic acid groups (broad SMARTS) is 1. The molecule has 3 atom stereocenters. The van der Waals surface area contributed by atoms with Crippen LogP contribution in [0.15, 0.2) is 0 Å². The SMILES string of the molecule is CCCCC(CC)CN(CC(CC)CCCC)C(=O)CC(C(=O)[O-])S(=O)(=O)O.[Na+]. The molecule has 0 aliphatic heterocycles. The van der Waals surface area contributed by atoms with Crippen LogP contribution in [0.5, 0.6) is 0 Å². The molecule has 0 saturated carbocycles. The second-order valence-electron chi connectivity index (χ2n) is 7.66. The van der Waals surface area contributed by atoms with E-state index in [0.29, 0.717) is 13.1 Å². The number of nitrogens with zero attached hydrogens (tertiary/aromatic N) is 1. The monoisotopic (exact) mass is 443 g/mol. The van der Waals surface area contributed by atoms with Gasteiger partial charge in [0.25, 0.3) is 10.1 Å². The summed E-state index contributed by atoms with van der Waals surface area (Å²) in [7, 11) is -4.90. The molecular weight excluding hydrogens is 405 g/mol. The van der Waals surface area contributed by atoms with Crippen LogP contribution in [-0.2, 0) is 19.7 Å². The minimum Gasteiger partial charge on any atom is -0.549 e. The molecule has 1 amide bonds. The Bertz CT molecular complexity index is 551. The van der Waals surface area contributed by atoms with Gasteiger partial charge in [-0.25, -0.2) is 0 Å². The zero-order chi connectivity index (χ0) is 21.7. The van der Waals surface area contributed by atoms with Crippen LogP contribution in [0.2, 0.25) is 0 Å². The van der Waals surface area contributed by atoms with Crippen molar-refractivity contribution in [1.82, 2.24) is 4.90 Å². The van der Waals surface area contributed by atoms with Gasteiger partial charge in [-0.1, -0.05) is 66.2 Å². The van der Waals surface area contributed by atoms with E-state index < -0.39 is 33.7 Å². The maximum atomic E-state index is 12.8. The van der Waals surface area contributed by atoms with Crippen LogP contribution in [0.4, 0.5) is 0 Å². The molecule has 0 aromatic heterocycles. The molecule has 0 heterocycles. The first kappa shape index (κ1) is 31.0. The molecule has 29 heavy (non-hydrogen) atoms. The van der Waals surface area contributed by atoms with Crippen molar-refractivity contribution in [2.24, 2.45) is 11.8 Å². The van der Waals surface area contributed by atoms with Gasteiger partial charge in [0.2, 0.25) is 5.91 Å². The number of rotatable bonds is 16. The summed E-state index contributed by atoms with van der Waals surface area (Å²) in [5.74, 6) is -1.96. The van der Waals surface area contributed by atoms with Crippen molar-refractivity contribution in [3.8, 4) is 0 Å². The number of hydrogen-bond acceptors (Lipinski definition) is 5. The maximum absolute atomic E-state index is 12.8. The summed E-state index contributed by atoms with van der Waals surface area (Å²) in [5, 5.41) is 8.89. The molecule has 166 valence electrons. The van der Waals surface area contributed by atoms with Gasteiger partial charge in [-0.15, -0.1) is 0 Å². The van der Waals surface area contributed by atoms with Gasteiger partial charge >= 0.3 is 29.6 Å². The maximum Gasteiger partial charge on any atom is 1.00 e. The van der Waals surface area contributed by atoms with Gasteiger partial charge < -0.3 is 14.8 Å². The molecule has 0 saturated heterocycles. The Kier molecular flexibility index (Phi) is 17.7. The number of carboxylic acids is 1. The molecule has 0 radical (unpaired) electrons. The topological polar surface area (TPSA) is 115 Å². The number of unbranched alkanes of at least 4 members (excludes halogenated alkanes) is 2. The molecule has 7 nitrogen and oxygen atoms in total. The number of carbonyl (C=O) groups is 2. The summed E-state index contributed by atoms with van der Waals surface area (Å²) in [6.45, 7) is 9.26. The fraction of sp³-hybridized carbons (Fsp3) is 0.900. The molecule has 0 aromatic carbocycles. The fourth-order valence-electron chi connectivity index (χ4n) is 3.33. The van der Waals surface area contributed by atoms with Gasteiger partial charge in [0.1, 0.15) is 5.25 Å². The van der Waals surface area contributed by atoms with Crippen LogP contribution in [0, 0.1) is 11.8 Å². The minimum absolute atomic E-state index is 0.